The van der Waals surface area contributed by atoms with E-state index >= 15 is 0 Å². The monoisotopic (exact) mass is 327 g/mol. The predicted molar refractivity (Wildman–Crippen MR) is 78.6 cm³/mol. The van der Waals surface area contributed by atoms with Crippen molar-refractivity contribution < 1.29 is 34.7 Å². The SMILES string of the molecule is COc1cccc(CC(=O)NC[C@@H]2O[C@](O)(CO)[C@@H](O)[C@@H]2O)c1. The number of benzene rings is 1. The van der Waals surface area contributed by atoms with Gasteiger partial charge in [-0.25, -0.2) is 0 Å². The molecule has 1 aliphatic rings. The number of carbonyl (C=O) groups is 1. The molecule has 128 valence electrons. The van der Waals surface area contributed by atoms with Gasteiger partial charge in [-0.15, -0.1) is 0 Å². The summed E-state index contributed by atoms with van der Waals surface area (Å²) >= 11 is 0. The van der Waals surface area contributed by atoms with E-state index in [1.807, 2.05) is 0 Å². The van der Waals surface area contributed by atoms with Crippen molar-refractivity contribution in [1.29, 1.82) is 0 Å². The first-order chi connectivity index (χ1) is 10.9. The summed E-state index contributed by atoms with van der Waals surface area (Å²) in [6, 6.07) is 7.04. The van der Waals surface area contributed by atoms with Crippen LogP contribution in [0.3, 0.4) is 0 Å². The second kappa shape index (κ2) is 7.24. The van der Waals surface area contributed by atoms with Gasteiger partial charge < -0.3 is 35.2 Å². The summed E-state index contributed by atoms with van der Waals surface area (Å²) in [5, 5.41) is 40.7. The zero-order chi connectivity index (χ0) is 17.0. The number of rotatable bonds is 6. The highest BCUT2D eigenvalue weighted by Crippen LogP contribution is 2.28. The molecule has 1 fully saturated rings. The van der Waals surface area contributed by atoms with Gasteiger partial charge >= 0.3 is 0 Å². The Morgan fingerprint density at radius 3 is 2.78 bits per heavy atom. The molecular weight excluding hydrogens is 306 g/mol. The fraction of sp³-hybridized carbons (Fsp3) is 0.533. The van der Waals surface area contributed by atoms with Crippen molar-refractivity contribution in [2.24, 2.45) is 0 Å². The van der Waals surface area contributed by atoms with Gasteiger partial charge in [-0.1, -0.05) is 12.1 Å². The molecule has 0 saturated carbocycles. The third kappa shape index (κ3) is 3.98. The molecule has 1 aliphatic heterocycles. The van der Waals surface area contributed by atoms with Crippen molar-refractivity contribution in [3.63, 3.8) is 0 Å². The van der Waals surface area contributed by atoms with Crippen LogP contribution in [0.15, 0.2) is 24.3 Å². The standard InChI is InChI=1S/C15H21NO7/c1-22-10-4-2-3-9(5-10)6-12(18)16-7-11-13(19)14(20)15(21,8-17)23-11/h2-5,11,13-14,17,19-21H,6-8H2,1H3,(H,16,18)/t11-,13+,14-,15+/m0/s1. The average Bonchev–Trinajstić information content (AvgIpc) is 2.78. The van der Waals surface area contributed by atoms with Gasteiger partial charge in [-0.2, -0.15) is 0 Å². The second-order valence-electron chi connectivity index (χ2n) is 5.43. The van der Waals surface area contributed by atoms with Gasteiger partial charge in [0.1, 0.15) is 24.1 Å². The van der Waals surface area contributed by atoms with Crippen molar-refractivity contribution >= 4 is 5.91 Å². The molecule has 2 rings (SSSR count). The van der Waals surface area contributed by atoms with Crippen LogP contribution in [-0.4, -0.2) is 70.7 Å². The Morgan fingerprint density at radius 2 is 2.17 bits per heavy atom. The summed E-state index contributed by atoms with van der Waals surface area (Å²) in [6.07, 6.45) is -3.97. The highest BCUT2D eigenvalue weighted by atomic mass is 16.7. The van der Waals surface area contributed by atoms with Crippen LogP contribution in [0, 0.1) is 0 Å². The normalized spacial score (nSPS) is 30.2. The van der Waals surface area contributed by atoms with Crippen LogP contribution in [0.1, 0.15) is 5.56 Å². The van der Waals surface area contributed by atoms with Crippen LogP contribution in [-0.2, 0) is 16.0 Å². The Labute approximate surface area is 133 Å². The molecule has 1 amide bonds. The van der Waals surface area contributed by atoms with Gasteiger partial charge in [-0.05, 0) is 17.7 Å². The summed E-state index contributed by atoms with van der Waals surface area (Å²) in [7, 11) is 1.53. The number of aliphatic hydroxyl groups excluding tert-OH is 3. The van der Waals surface area contributed by atoms with Gasteiger partial charge in [0.05, 0.1) is 20.1 Å². The van der Waals surface area contributed by atoms with Gasteiger partial charge in [-0.3, -0.25) is 4.79 Å². The summed E-state index contributed by atoms with van der Waals surface area (Å²) in [6.45, 7) is -0.969. The lowest BCUT2D eigenvalue weighted by atomic mass is 10.1. The van der Waals surface area contributed by atoms with Crippen LogP contribution in [0.25, 0.3) is 0 Å². The third-order valence-corrected chi connectivity index (χ3v) is 3.75. The van der Waals surface area contributed by atoms with Crippen LogP contribution < -0.4 is 10.1 Å². The first-order valence-electron chi connectivity index (χ1n) is 7.16. The topological polar surface area (TPSA) is 128 Å². The summed E-state index contributed by atoms with van der Waals surface area (Å²) in [4.78, 5) is 11.9. The van der Waals surface area contributed by atoms with E-state index in [4.69, 9.17) is 14.6 Å². The van der Waals surface area contributed by atoms with Crippen molar-refractivity contribution in [2.45, 2.75) is 30.5 Å². The van der Waals surface area contributed by atoms with Gasteiger partial charge in [0.25, 0.3) is 0 Å². The Kier molecular flexibility index (Phi) is 5.55. The van der Waals surface area contributed by atoms with E-state index in [0.717, 1.165) is 5.56 Å². The number of amides is 1. The molecule has 0 aromatic heterocycles. The Morgan fingerprint density at radius 1 is 1.43 bits per heavy atom. The van der Waals surface area contributed by atoms with Crippen LogP contribution in [0.4, 0.5) is 0 Å². The van der Waals surface area contributed by atoms with Crippen LogP contribution in [0.5, 0.6) is 5.75 Å². The van der Waals surface area contributed by atoms with E-state index in [9.17, 15) is 20.1 Å². The fourth-order valence-corrected chi connectivity index (χ4v) is 2.41. The van der Waals surface area contributed by atoms with E-state index in [-0.39, 0.29) is 18.9 Å². The van der Waals surface area contributed by atoms with Crippen molar-refractivity contribution in [3.8, 4) is 5.75 Å². The number of hydrogen-bond acceptors (Lipinski definition) is 7. The molecule has 23 heavy (non-hydrogen) atoms. The molecule has 0 radical (unpaired) electrons. The molecule has 5 N–H and O–H groups in total. The minimum absolute atomic E-state index is 0.104. The zero-order valence-electron chi connectivity index (χ0n) is 12.7. The third-order valence-electron chi connectivity index (χ3n) is 3.75. The molecule has 0 aliphatic carbocycles. The Balaban J connectivity index is 1.87. The fourth-order valence-electron chi connectivity index (χ4n) is 2.41. The minimum atomic E-state index is -2.22. The lowest BCUT2D eigenvalue weighted by Crippen LogP contribution is -2.46. The number of ether oxygens (including phenoxy) is 2. The van der Waals surface area contributed by atoms with Crippen molar-refractivity contribution in [1.82, 2.24) is 5.32 Å². The molecule has 1 saturated heterocycles. The van der Waals surface area contributed by atoms with Gasteiger partial charge in [0, 0.05) is 6.54 Å². The van der Waals surface area contributed by atoms with Crippen molar-refractivity contribution in [3.05, 3.63) is 29.8 Å². The quantitative estimate of drug-likeness (QED) is 0.415. The number of hydrogen-bond donors (Lipinski definition) is 5. The zero-order valence-corrected chi connectivity index (χ0v) is 12.7. The first-order valence-corrected chi connectivity index (χ1v) is 7.16. The molecular formula is C15H21NO7. The van der Waals surface area contributed by atoms with E-state index in [2.05, 4.69) is 5.32 Å². The number of aliphatic hydroxyl groups is 4. The summed E-state index contributed by atoms with van der Waals surface area (Å²) in [5.41, 5.74) is 0.752. The maximum absolute atomic E-state index is 11.9. The highest BCUT2D eigenvalue weighted by Gasteiger charge is 2.52. The molecule has 4 atom stereocenters. The van der Waals surface area contributed by atoms with Crippen LogP contribution >= 0.6 is 0 Å². The van der Waals surface area contributed by atoms with Gasteiger partial charge in [0.15, 0.2) is 0 Å². The lowest BCUT2D eigenvalue weighted by Gasteiger charge is -2.22. The van der Waals surface area contributed by atoms with E-state index in [1.165, 1.54) is 7.11 Å². The Hall–Kier alpha value is -1.71. The van der Waals surface area contributed by atoms with E-state index in [1.54, 1.807) is 24.3 Å². The molecule has 1 aromatic rings. The predicted octanol–water partition coefficient (Wildman–Crippen LogP) is -1.84. The molecule has 8 nitrogen and oxygen atoms in total. The maximum atomic E-state index is 11.9. The van der Waals surface area contributed by atoms with E-state index in [0.29, 0.717) is 5.75 Å². The highest BCUT2D eigenvalue weighted by molar-refractivity contribution is 5.78. The van der Waals surface area contributed by atoms with Gasteiger partial charge in [0.2, 0.25) is 11.7 Å². The van der Waals surface area contributed by atoms with E-state index < -0.39 is 30.7 Å². The number of nitrogens with one attached hydrogen (secondary N) is 1. The summed E-state index contributed by atoms with van der Waals surface area (Å²) in [5.74, 6) is -1.90. The largest absolute Gasteiger partial charge is 0.497 e. The number of carbonyl (C=O) groups excluding carboxylic acids is 1. The Bertz CT molecular complexity index is 552. The van der Waals surface area contributed by atoms with Crippen LogP contribution in [0.2, 0.25) is 0 Å². The average molecular weight is 327 g/mol. The number of methoxy groups -OCH3 is 1. The molecule has 0 spiro atoms. The van der Waals surface area contributed by atoms with Crippen molar-refractivity contribution in [2.75, 3.05) is 20.3 Å². The smallest absolute Gasteiger partial charge is 0.224 e. The molecule has 0 bridgehead atoms. The maximum Gasteiger partial charge on any atom is 0.224 e. The lowest BCUT2D eigenvalue weighted by molar-refractivity contribution is -0.245. The molecule has 1 heterocycles. The molecule has 8 heteroatoms. The molecule has 1 aromatic carbocycles. The molecule has 0 unspecified atom stereocenters. The first kappa shape index (κ1) is 17.6. The summed E-state index contributed by atoms with van der Waals surface area (Å²) < 4.78 is 10.1. The second-order valence-corrected chi connectivity index (χ2v) is 5.43. The minimum Gasteiger partial charge on any atom is -0.497 e.